The molecule has 318 valence electrons. The van der Waals surface area contributed by atoms with Gasteiger partial charge in [0.1, 0.15) is 23.4 Å². The summed E-state index contributed by atoms with van der Waals surface area (Å²) in [6, 6.07) is 19.5. The summed E-state index contributed by atoms with van der Waals surface area (Å²) in [6.45, 7) is 14.8. The summed E-state index contributed by atoms with van der Waals surface area (Å²) >= 11 is 0. The van der Waals surface area contributed by atoms with Crippen LogP contribution in [0.4, 0.5) is 5.69 Å². The van der Waals surface area contributed by atoms with Crippen molar-refractivity contribution in [1.29, 1.82) is 0 Å². The fraction of sp³-hybridized carbons (Fsp3) is 0.417. The van der Waals surface area contributed by atoms with E-state index in [0.717, 1.165) is 115 Å². The molecular weight excluding hydrogens is 771 g/mol. The smallest absolute Gasteiger partial charge is 0.264 e. The summed E-state index contributed by atoms with van der Waals surface area (Å²) in [5.74, 6) is 0.779. The fourth-order valence-corrected chi connectivity index (χ4v) is 9.01. The Morgan fingerprint density at radius 3 is 2.49 bits per heavy atom. The van der Waals surface area contributed by atoms with E-state index < -0.39 is 17.9 Å². The number of ketones is 1. The third-order valence-electron chi connectivity index (χ3n) is 12.4. The molecule has 0 radical (unpaired) electrons. The van der Waals surface area contributed by atoms with E-state index in [1.54, 1.807) is 18.2 Å². The lowest BCUT2D eigenvalue weighted by atomic mass is 10.0. The lowest BCUT2D eigenvalue weighted by molar-refractivity contribution is -0.125. The average Bonchev–Trinajstić information content (AvgIpc) is 3.87. The van der Waals surface area contributed by atoms with Crippen molar-refractivity contribution in [2.75, 3.05) is 38.2 Å². The van der Waals surface area contributed by atoms with Gasteiger partial charge in [0.05, 0.1) is 41.1 Å². The molecular formula is C48H55N7O6. The normalized spacial score (nSPS) is 17.6. The molecule has 3 aliphatic heterocycles. The highest BCUT2D eigenvalue weighted by atomic mass is 16.5. The number of ether oxygens (including phenoxy) is 1. The van der Waals surface area contributed by atoms with Crippen LogP contribution < -0.4 is 10.6 Å². The molecule has 2 aromatic heterocycles. The standard InChI is InChI=1S/C48H55N7O6/c1-30-12-19-42(46(57)50-30)55-47(58)38-10-8-11-39(45(38)48(55)59)49-22-7-5-6-9-37(56)27-35-15-13-34(14-16-35)17-21-43-51-40-28-36(44-32(3)52-61-33(44)4)18-20-41(40)54(43)29-31(2)53-23-25-60-26-24-53/h8,10-11,13-16,18,20,28,31,42,49H,1,5-7,9,12,17,19,21-27,29H2,2-4H3,(H,50,57). The number of aryl methyl sites for hydroxylation is 4. The van der Waals surface area contributed by atoms with Crippen LogP contribution in [0.25, 0.3) is 22.2 Å². The lowest BCUT2D eigenvalue weighted by Crippen LogP contribution is -2.51. The summed E-state index contributed by atoms with van der Waals surface area (Å²) in [4.78, 5) is 60.9. The largest absolute Gasteiger partial charge is 0.384 e. The van der Waals surface area contributed by atoms with E-state index >= 15 is 0 Å². The number of carbonyl (C=O) groups excluding carboxylic acids is 4. The lowest BCUT2D eigenvalue weighted by Gasteiger charge is -2.32. The Balaban J connectivity index is 0.818. The van der Waals surface area contributed by atoms with Gasteiger partial charge in [0.25, 0.3) is 11.8 Å². The van der Waals surface area contributed by atoms with Crippen molar-refractivity contribution in [2.24, 2.45) is 0 Å². The summed E-state index contributed by atoms with van der Waals surface area (Å²) in [7, 11) is 0. The molecule has 2 atom stereocenters. The van der Waals surface area contributed by atoms with Crippen LogP contribution in [0.1, 0.15) is 94.6 Å². The maximum atomic E-state index is 13.4. The number of aromatic nitrogens is 3. The number of fused-ring (bicyclic) bond motifs is 2. The molecule has 2 fully saturated rings. The second-order valence-corrected chi connectivity index (χ2v) is 16.7. The molecule has 0 bridgehead atoms. The first kappa shape index (κ1) is 41.8. The minimum absolute atomic E-state index is 0.208. The zero-order valence-corrected chi connectivity index (χ0v) is 35.4. The first-order chi connectivity index (χ1) is 29.5. The van der Waals surface area contributed by atoms with Gasteiger partial charge in [0.2, 0.25) is 5.91 Å². The first-order valence-electron chi connectivity index (χ1n) is 21.6. The molecule has 2 saturated heterocycles. The first-order valence-corrected chi connectivity index (χ1v) is 21.6. The SMILES string of the molecule is C=C1CCC(N2C(=O)c3cccc(NCCCCCC(=O)Cc4ccc(CCc5nc6cc(-c7c(C)noc7C)ccc6n5CC(C)N5CCOCC5)cc4)c3C2=O)C(=O)N1. The van der Waals surface area contributed by atoms with Crippen molar-refractivity contribution >= 4 is 40.2 Å². The number of Topliss-reactive ketones (excluding diaryl/α,β-unsaturated/α-hetero) is 1. The molecule has 3 aliphatic rings. The number of allylic oxidation sites excluding steroid dienone is 1. The predicted molar refractivity (Wildman–Crippen MR) is 233 cm³/mol. The zero-order valence-electron chi connectivity index (χ0n) is 35.4. The van der Waals surface area contributed by atoms with Gasteiger partial charge >= 0.3 is 0 Å². The predicted octanol–water partition coefficient (Wildman–Crippen LogP) is 6.99. The van der Waals surface area contributed by atoms with E-state index in [1.165, 1.54) is 5.56 Å². The summed E-state index contributed by atoms with van der Waals surface area (Å²) in [5, 5.41) is 10.2. The van der Waals surface area contributed by atoms with Crippen LogP contribution in [0.15, 0.2) is 77.5 Å². The Morgan fingerprint density at radius 1 is 0.951 bits per heavy atom. The molecule has 5 aromatic rings. The zero-order chi connectivity index (χ0) is 42.6. The maximum Gasteiger partial charge on any atom is 0.264 e. The van der Waals surface area contributed by atoms with Crippen molar-refractivity contribution in [3.8, 4) is 11.1 Å². The van der Waals surface area contributed by atoms with Crippen molar-refractivity contribution in [2.45, 2.75) is 97.2 Å². The molecule has 2 unspecified atom stereocenters. The van der Waals surface area contributed by atoms with Crippen LogP contribution in [0.3, 0.4) is 0 Å². The Kier molecular flexibility index (Phi) is 12.6. The van der Waals surface area contributed by atoms with Crippen LogP contribution in [-0.2, 0) is 40.1 Å². The fourth-order valence-electron chi connectivity index (χ4n) is 9.01. The highest BCUT2D eigenvalue weighted by Crippen LogP contribution is 2.34. The average molecular weight is 826 g/mol. The van der Waals surface area contributed by atoms with Gasteiger partial charge in [-0.15, -0.1) is 0 Å². The number of nitrogens with one attached hydrogen (secondary N) is 2. The van der Waals surface area contributed by atoms with Gasteiger partial charge in [-0.2, -0.15) is 0 Å². The van der Waals surface area contributed by atoms with Gasteiger partial charge in [0, 0.05) is 68.4 Å². The highest BCUT2D eigenvalue weighted by Gasteiger charge is 2.45. The van der Waals surface area contributed by atoms with Crippen molar-refractivity contribution in [3.05, 3.63) is 112 Å². The van der Waals surface area contributed by atoms with E-state index in [1.807, 2.05) is 13.8 Å². The number of carbonyl (C=O) groups is 4. The number of imide groups is 1. The third kappa shape index (κ3) is 9.08. The van der Waals surface area contributed by atoms with Gasteiger partial charge in [-0.25, -0.2) is 4.98 Å². The third-order valence-corrected chi connectivity index (χ3v) is 12.4. The number of amides is 3. The second kappa shape index (κ2) is 18.4. The molecule has 5 heterocycles. The Bertz CT molecular complexity index is 2440. The highest BCUT2D eigenvalue weighted by molar-refractivity contribution is 6.25. The number of morpholine rings is 1. The molecule has 13 nitrogen and oxygen atoms in total. The molecule has 13 heteroatoms. The minimum Gasteiger partial charge on any atom is -0.384 e. The molecule has 61 heavy (non-hydrogen) atoms. The van der Waals surface area contributed by atoms with Crippen molar-refractivity contribution < 1.29 is 28.4 Å². The van der Waals surface area contributed by atoms with Gasteiger partial charge in [-0.1, -0.05) is 54.6 Å². The number of piperidine rings is 1. The molecule has 0 saturated carbocycles. The molecule has 0 spiro atoms. The minimum atomic E-state index is -0.847. The maximum absolute atomic E-state index is 13.4. The summed E-state index contributed by atoms with van der Waals surface area (Å²) in [5.41, 5.74) is 9.03. The number of rotatable bonds is 17. The van der Waals surface area contributed by atoms with Crippen LogP contribution in [0, 0.1) is 13.8 Å². The van der Waals surface area contributed by atoms with Crippen LogP contribution in [0.5, 0.6) is 0 Å². The number of benzene rings is 3. The topological polar surface area (TPSA) is 152 Å². The second-order valence-electron chi connectivity index (χ2n) is 16.7. The van der Waals surface area contributed by atoms with Gasteiger partial charge in [0.15, 0.2) is 0 Å². The monoisotopic (exact) mass is 825 g/mol. The quantitative estimate of drug-likeness (QED) is 0.0742. The number of hydrogen-bond acceptors (Lipinski definition) is 10. The molecule has 3 amide bonds. The van der Waals surface area contributed by atoms with Crippen molar-refractivity contribution in [1.82, 2.24) is 29.8 Å². The molecule has 0 aliphatic carbocycles. The Labute approximate surface area is 356 Å². The Hall–Kier alpha value is -5.92. The van der Waals surface area contributed by atoms with Crippen LogP contribution in [-0.4, -0.2) is 92.9 Å². The number of anilines is 1. The Morgan fingerprint density at radius 2 is 1.74 bits per heavy atom. The molecule has 3 aromatic carbocycles. The number of unbranched alkanes of at least 4 members (excludes halogenated alkanes) is 2. The van der Waals surface area contributed by atoms with Crippen LogP contribution in [0.2, 0.25) is 0 Å². The van der Waals surface area contributed by atoms with E-state index in [9.17, 15) is 19.2 Å². The summed E-state index contributed by atoms with van der Waals surface area (Å²) < 4.78 is 13.5. The summed E-state index contributed by atoms with van der Waals surface area (Å²) in [6.07, 6.45) is 5.80. The number of nitrogens with zero attached hydrogens (tertiary/aromatic N) is 5. The van der Waals surface area contributed by atoms with E-state index in [0.29, 0.717) is 60.8 Å². The molecule has 2 N–H and O–H groups in total. The van der Waals surface area contributed by atoms with Crippen LogP contribution >= 0.6 is 0 Å². The van der Waals surface area contributed by atoms with Gasteiger partial charge < -0.3 is 24.5 Å². The van der Waals surface area contributed by atoms with E-state index in [4.69, 9.17) is 14.2 Å². The van der Waals surface area contributed by atoms with Gasteiger partial charge in [-0.05, 0) is 93.8 Å². The number of hydrogen-bond donors (Lipinski definition) is 2. The van der Waals surface area contributed by atoms with E-state index in [2.05, 4.69) is 81.2 Å². The van der Waals surface area contributed by atoms with Gasteiger partial charge in [-0.3, -0.25) is 29.0 Å². The number of imidazole rings is 1. The van der Waals surface area contributed by atoms with Crippen molar-refractivity contribution in [3.63, 3.8) is 0 Å². The molecule has 8 rings (SSSR count). The van der Waals surface area contributed by atoms with E-state index in [-0.39, 0.29) is 11.7 Å².